The van der Waals surface area contributed by atoms with E-state index in [4.69, 9.17) is 11.5 Å². The third-order valence-electron chi connectivity index (χ3n) is 2.36. The number of thiophene rings is 1. The van der Waals surface area contributed by atoms with Crippen molar-refractivity contribution in [2.45, 2.75) is 6.04 Å². The van der Waals surface area contributed by atoms with E-state index in [1.54, 1.807) is 23.5 Å². The maximum Gasteiger partial charge on any atom is 0.144 e. The molecule has 0 radical (unpaired) electrons. The molecule has 0 unspecified atom stereocenters. The summed E-state index contributed by atoms with van der Waals surface area (Å²) in [7, 11) is 0. The molecule has 0 fully saturated rings. The highest BCUT2D eigenvalue weighted by Gasteiger charge is 2.18. The SMILES string of the molecule is Nc1ccc(Br)c([C@@H](N)c2cccs2)c1O. The quantitative estimate of drug-likeness (QED) is 0.590. The Morgan fingerprint density at radius 3 is 2.69 bits per heavy atom. The monoisotopic (exact) mass is 298 g/mol. The molecule has 0 saturated carbocycles. The molecule has 5 N–H and O–H groups in total. The Labute approximate surface area is 106 Å². The van der Waals surface area contributed by atoms with E-state index in [2.05, 4.69) is 15.9 Å². The van der Waals surface area contributed by atoms with Gasteiger partial charge >= 0.3 is 0 Å². The van der Waals surface area contributed by atoms with Crippen LogP contribution in [0.1, 0.15) is 16.5 Å². The van der Waals surface area contributed by atoms with Crippen LogP contribution in [0.25, 0.3) is 0 Å². The van der Waals surface area contributed by atoms with Crippen molar-refractivity contribution < 1.29 is 5.11 Å². The number of aromatic hydroxyl groups is 1. The average Bonchev–Trinajstić information content (AvgIpc) is 2.77. The fourth-order valence-electron chi connectivity index (χ4n) is 1.51. The summed E-state index contributed by atoms with van der Waals surface area (Å²) in [6, 6.07) is 6.93. The zero-order chi connectivity index (χ0) is 11.7. The van der Waals surface area contributed by atoms with Crippen molar-refractivity contribution in [3.05, 3.63) is 44.6 Å². The van der Waals surface area contributed by atoms with E-state index in [0.717, 1.165) is 9.35 Å². The number of nitrogens with two attached hydrogens (primary N) is 2. The highest BCUT2D eigenvalue weighted by Crippen LogP contribution is 2.38. The molecule has 2 rings (SSSR count). The lowest BCUT2D eigenvalue weighted by molar-refractivity contribution is 0.467. The predicted octanol–water partition coefficient (Wildman–Crippen LogP) is 2.85. The van der Waals surface area contributed by atoms with Gasteiger partial charge in [0.25, 0.3) is 0 Å². The summed E-state index contributed by atoms with van der Waals surface area (Å²) in [6.07, 6.45) is 0. The van der Waals surface area contributed by atoms with Crippen LogP contribution in [0.15, 0.2) is 34.1 Å². The van der Waals surface area contributed by atoms with Crippen LogP contribution in [0.3, 0.4) is 0 Å². The summed E-state index contributed by atoms with van der Waals surface area (Å²) in [5.74, 6) is 0.0512. The molecule has 16 heavy (non-hydrogen) atoms. The van der Waals surface area contributed by atoms with Crippen molar-refractivity contribution in [2.24, 2.45) is 5.73 Å². The Kier molecular flexibility index (Phi) is 3.18. The van der Waals surface area contributed by atoms with Crippen LogP contribution >= 0.6 is 27.3 Å². The smallest absolute Gasteiger partial charge is 0.144 e. The lowest BCUT2D eigenvalue weighted by atomic mass is 10.0. The molecule has 0 amide bonds. The van der Waals surface area contributed by atoms with Crippen molar-refractivity contribution in [3.63, 3.8) is 0 Å². The van der Waals surface area contributed by atoms with Gasteiger partial charge in [-0.3, -0.25) is 0 Å². The Morgan fingerprint density at radius 1 is 1.31 bits per heavy atom. The molecule has 3 nitrogen and oxygen atoms in total. The molecule has 0 spiro atoms. The number of rotatable bonds is 2. The predicted molar refractivity (Wildman–Crippen MR) is 70.6 cm³/mol. The summed E-state index contributed by atoms with van der Waals surface area (Å²) < 4.78 is 0.764. The first-order chi connectivity index (χ1) is 7.61. The Bertz CT molecular complexity index is 499. The molecule has 1 atom stereocenters. The van der Waals surface area contributed by atoms with E-state index in [0.29, 0.717) is 11.3 Å². The zero-order valence-corrected chi connectivity index (χ0v) is 10.8. The van der Waals surface area contributed by atoms with Gasteiger partial charge in [-0.1, -0.05) is 22.0 Å². The van der Waals surface area contributed by atoms with Crippen molar-refractivity contribution in [2.75, 3.05) is 5.73 Å². The Morgan fingerprint density at radius 2 is 2.06 bits per heavy atom. The molecule has 1 aromatic carbocycles. The van der Waals surface area contributed by atoms with Gasteiger partial charge in [-0.25, -0.2) is 0 Å². The van der Waals surface area contributed by atoms with Gasteiger partial charge in [0.2, 0.25) is 0 Å². The third-order valence-corrected chi connectivity index (χ3v) is 4.00. The van der Waals surface area contributed by atoms with E-state index in [1.807, 2.05) is 17.5 Å². The largest absolute Gasteiger partial charge is 0.505 e. The lowest BCUT2D eigenvalue weighted by Gasteiger charge is -2.15. The van der Waals surface area contributed by atoms with Crippen LogP contribution in [-0.4, -0.2) is 5.11 Å². The standard InChI is InChI=1S/C11H11BrN2OS/c12-6-3-4-7(13)11(15)9(6)10(14)8-2-1-5-16-8/h1-5,10,15H,13-14H2/t10-/m0/s1. The van der Waals surface area contributed by atoms with E-state index in [9.17, 15) is 5.11 Å². The fraction of sp³-hybridized carbons (Fsp3) is 0.0909. The topological polar surface area (TPSA) is 72.3 Å². The molecule has 1 heterocycles. The molecule has 0 aliphatic rings. The number of anilines is 1. The van der Waals surface area contributed by atoms with E-state index < -0.39 is 0 Å². The fourth-order valence-corrected chi connectivity index (χ4v) is 2.81. The molecule has 0 bridgehead atoms. The van der Waals surface area contributed by atoms with Crippen molar-refractivity contribution in [1.29, 1.82) is 0 Å². The van der Waals surface area contributed by atoms with E-state index in [-0.39, 0.29) is 11.8 Å². The van der Waals surface area contributed by atoms with Gasteiger partial charge in [0.15, 0.2) is 0 Å². The number of halogens is 1. The van der Waals surface area contributed by atoms with Crippen LogP contribution < -0.4 is 11.5 Å². The first kappa shape index (κ1) is 11.4. The zero-order valence-electron chi connectivity index (χ0n) is 8.35. The molecular weight excluding hydrogens is 288 g/mol. The van der Waals surface area contributed by atoms with Gasteiger partial charge in [-0.05, 0) is 23.6 Å². The summed E-state index contributed by atoms with van der Waals surface area (Å²) >= 11 is 4.93. The molecule has 0 aliphatic carbocycles. The molecule has 0 saturated heterocycles. The van der Waals surface area contributed by atoms with Crippen molar-refractivity contribution in [3.8, 4) is 5.75 Å². The van der Waals surface area contributed by atoms with Crippen LogP contribution in [0.4, 0.5) is 5.69 Å². The van der Waals surface area contributed by atoms with Gasteiger partial charge in [-0.2, -0.15) is 0 Å². The number of hydrogen-bond acceptors (Lipinski definition) is 4. The number of hydrogen-bond donors (Lipinski definition) is 3. The van der Waals surface area contributed by atoms with Crippen molar-refractivity contribution >= 4 is 33.0 Å². The number of phenols is 1. The second-order valence-corrected chi connectivity index (χ2v) is 5.23. The van der Waals surface area contributed by atoms with Gasteiger partial charge < -0.3 is 16.6 Å². The summed E-state index contributed by atoms with van der Waals surface area (Å²) in [5.41, 5.74) is 12.7. The normalized spacial score (nSPS) is 12.6. The lowest BCUT2D eigenvalue weighted by Crippen LogP contribution is -2.11. The average molecular weight is 299 g/mol. The van der Waals surface area contributed by atoms with Crippen LogP contribution in [-0.2, 0) is 0 Å². The Hall–Kier alpha value is -1.04. The first-order valence-corrected chi connectivity index (χ1v) is 6.34. The van der Waals surface area contributed by atoms with Crippen LogP contribution in [0.5, 0.6) is 5.75 Å². The molecular formula is C11H11BrN2OS. The van der Waals surface area contributed by atoms with Gasteiger partial charge in [-0.15, -0.1) is 11.3 Å². The van der Waals surface area contributed by atoms with Crippen LogP contribution in [0.2, 0.25) is 0 Å². The third kappa shape index (κ3) is 1.93. The second-order valence-electron chi connectivity index (χ2n) is 3.39. The molecule has 5 heteroatoms. The maximum absolute atomic E-state index is 9.92. The minimum absolute atomic E-state index is 0.0512. The van der Waals surface area contributed by atoms with Gasteiger partial charge in [0.1, 0.15) is 5.75 Å². The minimum Gasteiger partial charge on any atom is -0.505 e. The molecule has 84 valence electrons. The number of phenolic OH excluding ortho intramolecular Hbond substituents is 1. The first-order valence-electron chi connectivity index (χ1n) is 4.67. The summed E-state index contributed by atoms with van der Waals surface area (Å²) in [5, 5.41) is 11.9. The summed E-state index contributed by atoms with van der Waals surface area (Å²) in [6.45, 7) is 0. The number of benzene rings is 1. The minimum atomic E-state index is -0.363. The molecule has 0 aliphatic heterocycles. The number of nitrogen functional groups attached to an aromatic ring is 1. The maximum atomic E-state index is 9.92. The molecule has 2 aromatic rings. The Balaban J connectivity index is 2.52. The van der Waals surface area contributed by atoms with Crippen LogP contribution in [0, 0.1) is 0 Å². The van der Waals surface area contributed by atoms with Gasteiger partial charge in [0, 0.05) is 14.9 Å². The van der Waals surface area contributed by atoms with E-state index >= 15 is 0 Å². The molecule has 1 aromatic heterocycles. The second kappa shape index (κ2) is 4.45. The highest BCUT2D eigenvalue weighted by molar-refractivity contribution is 9.10. The summed E-state index contributed by atoms with van der Waals surface area (Å²) in [4.78, 5) is 0.988. The van der Waals surface area contributed by atoms with Gasteiger partial charge in [0.05, 0.1) is 11.7 Å². The van der Waals surface area contributed by atoms with Crippen molar-refractivity contribution in [1.82, 2.24) is 0 Å². The van der Waals surface area contributed by atoms with E-state index in [1.165, 1.54) is 0 Å². The highest BCUT2D eigenvalue weighted by atomic mass is 79.9.